The topological polar surface area (TPSA) is 66.8 Å². The molecule has 6 nitrogen and oxygen atoms in total. The molecular formula is C20H21F3N6. The van der Waals surface area contributed by atoms with Gasteiger partial charge in [0.05, 0.1) is 5.39 Å². The van der Waals surface area contributed by atoms with E-state index in [1.54, 1.807) is 18.3 Å². The van der Waals surface area contributed by atoms with Crippen LogP contribution in [0.25, 0.3) is 11.0 Å². The van der Waals surface area contributed by atoms with Crippen molar-refractivity contribution in [2.45, 2.75) is 32.5 Å². The van der Waals surface area contributed by atoms with Gasteiger partial charge in [0.15, 0.2) is 5.65 Å². The van der Waals surface area contributed by atoms with Crippen molar-refractivity contribution in [2.75, 3.05) is 23.3 Å². The Morgan fingerprint density at radius 3 is 2.55 bits per heavy atom. The van der Waals surface area contributed by atoms with Gasteiger partial charge in [-0.3, -0.25) is 4.98 Å². The number of hydrogen-bond donors (Lipinski definition) is 1. The molecule has 0 bridgehead atoms. The lowest BCUT2D eigenvalue weighted by Crippen LogP contribution is -2.34. The van der Waals surface area contributed by atoms with Crippen LogP contribution in [0.5, 0.6) is 0 Å². The van der Waals surface area contributed by atoms with Crippen LogP contribution < -0.4 is 10.2 Å². The van der Waals surface area contributed by atoms with Crippen LogP contribution in [0.1, 0.15) is 31.0 Å². The van der Waals surface area contributed by atoms with Crippen LogP contribution >= 0.6 is 0 Å². The van der Waals surface area contributed by atoms with Crippen LogP contribution in [0.3, 0.4) is 0 Å². The lowest BCUT2D eigenvalue weighted by Gasteiger charge is -2.30. The third-order valence-corrected chi connectivity index (χ3v) is 5.13. The molecule has 0 atom stereocenters. The fourth-order valence-corrected chi connectivity index (χ4v) is 3.45. The van der Waals surface area contributed by atoms with Crippen LogP contribution in [0.2, 0.25) is 0 Å². The Kier molecular flexibility index (Phi) is 5.21. The largest absolute Gasteiger partial charge is 0.433 e. The molecule has 3 aromatic rings. The molecule has 3 aromatic heterocycles. The van der Waals surface area contributed by atoms with Gasteiger partial charge in [-0.2, -0.15) is 23.1 Å². The maximum atomic E-state index is 13.2. The van der Waals surface area contributed by atoms with Crippen LogP contribution in [0, 0.1) is 5.92 Å². The van der Waals surface area contributed by atoms with Crippen molar-refractivity contribution >= 4 is 22.8 Å². The first kappa shape index (κ1) is 19.4. The van der Waals surface area contributed by atoms with Crippen molar-refractivity contribution < 1.29 is 13.2 Å². The average molecular weight is 402 g/mol. The summed E-state index contributed by atoms with van der Waals surface area (Å²) in [7, 11) is 0. The SMILES string of the molecule is CC1CCN(c2nc(NCc3cccnc3C(F)(F)F)c3cccnc3n2)CC1. The van der Waals surface area contributed by atoms with Crippen LogP contribution in [-0.4, -0.2) is 33.0 Å². The van der Waals surface area contributed by atoms with Gasteiger partial charge in [-0.25, -0.2) is 4.98 Å². The molecule has 0 unspecified atom stereocenters. The Labute approximate surface area is 166 Å². The fourth-order valence-electron chi connectivity index (χ4n) is 3.45. The third kappa shape index (κ3) is 4.23. The van der Waals surface area contributed by atoms with E-state index in [0.29, 0.717) is 28.7 Å². The lowest BCUT2D eigenvalue weighted by molar-refractivity contribution is -0.141. The van der Waals surface area contributed by atoms with Crippen LogP contribution in [0.15, 0.2) is 36.7 Å². The summed E-state index contributed by atoms with van der Waals surface area (Å²) in [6, 6.07) is 6.47. The van der Waals surface area contributed by atoms with E-state index in [0.717, 1.165) is 32.1 Å². The van der Waals surface area contributed by atoms with Crippen molar-refractivity contribution in [1.82, 2.24) is 19.9 Å². The van der Waals surface area contributed by atoms with Crippen molar-refractivity contribution in [1.29, 1.82) is 0 Å². The molecule has 4 rings (SSSR count). The second-order valence-corrected chi connectivity index (χ2v) is 7.28. The molecular weight excluding hydrogens is 381 g/mol. The zero-order valence-corrected chi connectivity index (χ0v) is 15.9. The first-order valence-electron chi connectivity index (χ1n) is 9.54. The van der Waals surface area contributed by atoms with Crippen LogP contribution in [-0.2, 0) is 12.7 Å². The van der Waals surface area contributed by atoms with E-state index in [1.165, 1.54) is 12.1 Å². The number of nitrogens with zero attached hydrogens (tertiary/aromatic N) is 5. The highest BCUT2D eigenvalue weighted by atomic mass is 19.4. The second-order valence-electron chi connectivity index (χ2n) is 7.28. The van der Waals surface area contributed by atoms with Gasteiger partial charge < -0.3 is 10.2 Å². The number of fused-ring (bicyclic) bond motifs is 1. The van der Waals surface area contributed by atoms with Crippen molar-refractivity contribution in [3.63, 3.8) is 0 Å². The zero-order chi connectivity index (χ0) is 20.4. The minimum absolute atomic E-state index is 0.0554. The molecule has 9 heteroatoms. The van der Waals surface area contributed by atoms with Gasteiger partial charge in [0, 0.05) is 37.6 Å². The summed E-state index contributed by atoms with van der Waals surface area (Å²) in [5.74, 6) is 1.68. The molecule has 0 saturated carbocycles. The Balaban J connectivity index is 1.65. The predicted octanol–water partition coefficient (Wildman–Crippen LogP) is 4.29. The zero-order valence-electron chi connectivity index (χ0n) is 15.9. The van der Waals surface area contributed by atoms with Gasteiger partial charge in [-0.1, -0.05) is 13.0 Å². The minimum atomic E-state index is -4.51. The Hall–Kier alpha value is -2.97. The molecule has 0 spiro atoms. The highest BCUT2D eigenvalue weighted by Crippen LogP contribution is 2.31. The monoisotopic (exact) mass is 402 g/mol. The van der Waals surface area contributed by atoms with E-state index < -0.39 is 11.9 Å². The summed E-state index contributed by atoms with van der Waals surface area (Å²) in [6.45, 7) is 3.86. The lowest BCUT2D eigenvalue weighted by atomic mass is 10.00. The molecule has 1 N–H and O–H groups in total. The molecule has 1 saturated heterocycles. The number of nitrogens with one attached hydrogen (secondary N) is 1. The molecule has 152 valence electrons. The van der Waals surface area contributed by atoms with Gasteiger partial charge in [-0.05, 0) is 37.0 Å². The number of aromatic nitrogens is 4. The smallest absolute Gasteiger partial charge is 0.365 e. The number of halogens is 3. The highest BCUT2D eigenvalue weighted by molar-refractivity contribution is 5.87. The summed E-state index contributed by atoms with van der Waals surface area (Å²) < 4.78 is 39.7. The molecule has 0 radical (unpaired) electrons. The standard InChI is InChI=1S/C20H21F3N6/c1-13-6-10-29(11-7-13)19-27-17-15(5-3-9-25-17)18(28-19)26-12-14-4-2-8-24-16(14)20(21,22)23/h2-5,8-9,13H,6-7,10-12H2,1H3,(H,25,26,27,28). The van der Waals surface area contributed by atoms with Crippen molar-refractivity contribution in [2.24, 2.45) is 5.92 Å². The third-order valence-electron chi connectivity index (χ3n) is 5.13. The normalized spacial score (nSPS) is 15.7. The van der Waals surface area contributed by atoms with E-state index in [1.807, 2.05) is 0 Å². The van der Waals surface area contributed by atoms with E-state index in [2.05, 4.69) is 37.1 Å². The maximum Gasteiger partial charge on any atom is 0.433 e. The van der Waals surface area contributed by atoms with Gasteiger partial charge in [0.25, 0.3) is 0 Å². The summed E-state index contributed by atoms with van der Waals surface area (Å²) in [6.07, 6.45) is 0.382. The average Bonchev–Trinajstić information content (AvgIpc) is 2.72. The van der Waals surface area contributed by atoms with E-state index >= 15 is 0 Å². The molecule has 0 aliphatic carbocycles. The summed E-state index contributed by atoms with van der Waals surface area (Å²) >= 11 is 0. The number of hydrogen-bond acceptors (Lipinski definition) is 6. The van der Waals surface area contributed by atoms with Gasteiger partial charge in [0.1, 0.15) is 11.5 Å². The molecule has 1 aliphatic heterocycles. The van der Waals surface area contributed by atoms with Crippen LogP contribution in [0.4, 0.5) is 24.9 Å². The molecule has 0 amide bonds. The highest BCUT2D eigenvalue weighted by Gasteiger charge is 2.35. The van der Waals surface area contributed by atoms with Gasteiger partial charge >= 0.3 is 6.18 Å². The van der Waals surface area contributed by atoms with Gasteiger partial charge in [-0.15, -0.1) is 0 Å². The Morgan fingerprint density at radius 1 is 1.07 bits per heavy atom. The Bertz CT molecular complexity index is 999. The minimum Gasteiger partial charge on any atom is -0.365 e. The molecule has 4 heterocycles. The van der Waals surface area contributed by atoms with E-state index in [4.69, 9.17) is 0 Å². The summed E-state index contributed by atoms with van der Waals surface area (Å²) in [4.78, 5) is 19.1. The molecule has 29 heavy (non-hydrogen) atoms. The summed E-state index contributed by atoms with van der Waals surface area (Å²) in [5.41, 5.74) is -0.320. The summed E-state index contributed by atoms with van der Waals surface area (Å²) in [5, 5.41) is 3.71. The Morgan fingerprint density at radius 2 is 1.79 bits per heavy atom. The van der Waals surface area contributed by atoms with E-state index in [-0.39, 0.29) is 12.1 Å². The maximum absolute atomic E-state index is 13.2. The van der Waals surface area contributed by atoms with Gasteiger partial charge in [0.2, 0.25) is 5.95 Å². The first-order chi connectivity index (χ1) is 13.9. The second kappa shape index (κ2) is 7.81. The molecule has 1 aliphatic rings. The number of piperidine rings is 1. The van der Waals surface area contributed by atoms with Crippen molar-refractivity contribution in [3.05, 3.63) is 47.9 Å². The predicted molar refractivity (Wildman–Crippen MR) is 105 cm³/mol. The molecule has 1 fully saturated rings. The first-order valence-corrected chi connectivity index (χ1v) is 9.54. The number of rotatable bonds is 4. The fraction of sp³-hybridized carbons (Fsp3) is 0.400. The number of alkyl halides is 3. The molecule has 0 aromatic carbocycles. The quantitative estimate of drug-likeness (QED) is 0.702. The number of pyridine rings is 2. The number of anilines is 2. The van der Waals surface area contributed by atoms with Crippen molar-refractivity contribution in [3.8, 4) is 0 Å². The van der Waals surface area contributed by atoms with E-state index in [9.17, 15) is 13.2 Å².